The number of rotatable bonds is 1. The van der Waals surface area contributed by atoms with Gasteiger partial charge in [-0.05, 0) is 35.4 Å². The second-order valence-corrected chi connectivity index (χ2v) is 5.91. The Morgan fingerprint density at radius 2 is 1.17 bits per heavy atom. The SMILES string of the molecule is O=C1c2ccccc2C(=O)c2cc(-c3cccc(Cl)c3)ccc21. The van der Waals surface area contributed by atoms with Crippen LogP contribution < -0.4 is 0 Å². The molecule has 110 valence electrons. The molecule has 0 spiro atoms. The van der Waals surface area contributed by atoms with Crippen LogP contribution in [0.15, 0.2) is 66.7 Å². The zero-order valence-corrected chi connectivity index (χ0v) is 12.8. The Labute approximate surface area is 138 Å². The van der Waals surface area contributed by atoms with Gasteiger partial charge in [-0.3, -0.25) is 9.59 Å². The highest BCUT2D eigenvalue weighted by atomic mass is 35.5. The molecule has 0 bridgehead atoms. The number of carbonyl (C=O) groups excluding carboxylic acids is 2. The number of benzene rings is 3. The van der Waals surface area contributed by atoms with Gasteiger partial charge < -0.3 is 0 Å². The molecule has 3 aromatic rings. The van der Waals surface area contributed by atoms with Crippen LogP contribution in [0.2, 0.25) is 5.02 Å². The summed E-state index contributed by atoms with van der Waals surface area (Å²) in [5.74, 6) is -0.216. The van der Waals surface area contributed by atoms with Crippen LogP contribution in [0.25, 0.3) is 11.1 Å². The highest BCUT2D eigenvalue weighted by Gasteiger charge is 2.29. The molecule has 0 unspecified atom stereocenters. The molecule has 0 fully saturated rings. The van der Waals surface area contributed by atoms with Crippen LogP contribution in [0.4, 0.5) is 0 Å². The van der Waals surface area contributed by atoms with Crippen molar-refractivity contribution in [3.8, 4) is 11.1 Å². The molecule has 0 atom stereocenters. The predicted octanol–water partition coefficient (Wildman–Crippen LogP) is 4.78. The van der Waals surface area contributed by atoms with E-state index in [0.717, 1.165) is 11.1 Å². The van der Waals surface area contributed by atoms with E-state index in [2.05, 4.69) is 0 Å². The summed E-state index contributed by atoms with van der Waals surface area (Å²) < 4.78 is 0. The molecule has 1 aliphatic carbocycles. The van der Waals surface area contributed by atoms with Gasteiger partial charge in [0, 0.05) is 27.3 Å². The molecule has 0 saturated carbocycles. The summed E-state index contributed by atoms with van der Waals surface area (Å²) in [6.45, 7) is 0. The Bertz CT molecular complexity index is 973. The van der Waals surface area contributed by atoms with Gasteiger partial charge in [0.1, 0.15) is 0 Å². The lowest BCUT2D eigenvalue weighted by Gasteiger charge is -2.18. The minimum atomic E-state index is -0.112. The van der Waals surface area contributed by atoms with Gasteiger partial charge in [0.05, 0.1) is 0 Å². The third kappa shape index (κ3) is 2.19. The second kappa shape index (κ2) is 5.18. The standard InChI is InChI=1S/C20H11ClO2/c21-14-5-3-4-12(10-14)13-8-9-17-18(11-13)20(23)16-7-2-1-6-15(16)19(17)22/h1-11H. The number of fused-ring (bicyclic) bond motifs is 2. The second-order valence-electron chi connectivity index (χ2n) is 5.47. The third-order valence-electron chi connectivity index (χ3n) is 4.08. The van der Waals surface area contributed by atoms with Crippen molar-refractivity contribution in [1.82, 2.24) is 0 Å². The molecule has 3 heteroatoms. The van der Waals surface area contributed by atoms with Gasteiger partial charge in [0.15, 0.2) is 11.6 Å². The Hall–Kier alpha value is -2.71. The smallest absolute Gasteiger partial charge is 0.194 e. The minimum Gasteiger partial charge on any atom is -0.289 e. The number of ketones is 2. The minimum absolute atomic E-state index is 0.104. The fourth-order valence-corrected chi connectivity index (χ4v) is 3.14. The summed E-state index contributed by atoms with van der Waals surface area (Å²) in [5.41, 5.74) is 3.63. The normalized spacial score (nSPS) is 12.7. The first-order chi connectivity index (χ1) is 11.1. The van der Waals surface area contributed by atoms with Crippen molar-refractivity contribution in [3.63, 3.8) is 0 Å². The van der Waals surface area contributed by atoms with E-state index in [4.69, 9.17) is 11.6 Å². The van der Waals surface area contributed by atoms with E-state index in [9.17, 15) is 9.59 Å². The van der Waals surface area contributed by atoms with Crippen LogP contribution in [0, 0.1) is 0 Å². The summed E-state index contributed by atoms with van der Waals surface area (Å²) in [5, 5.41) is 0.632. The highest BCUT2D eigenvalue weighted by Crippen LogP contribution is 2.31. The molecule has 0 aromatic heterocycles. The summed E-state index contributed by atoms with van der Waals surface area (Å²) in [6, 6.07) is 19.7. The topological polar surface area (TPSA) is 34.1 Å². The van der Waals surface area contributed by atoms with Crippen LogP contribution in [0.3, 0.4) is 0 Å². The number of hydrogen-bond donors (Lipinski definition) is 0. The molecule has 0 aliphatic heterocycles. The zero-order valence-electron chi connectivity index (χ0n) is 12.0. The van der Waals surface area contributed by atoms with Crippen molar-refractivity contribution in [2.75, 3.05) is 0 Å². The molecule has 2 nitrogen and oxygen atoms in total. The average Bonchev–Trinajstić information content (AvgIpc) is 2.59. The van der Waals surface area contributed by atoms with Crippen molar-refractivity contribution < 1.29 is 9.59 Å². The molecule has 0 amide bonds. The van der Waals surface area contributed by atoms with Crippen molar-refractivity contribution >= 4 is 23.2 Å². The maximum absolute atomic E-state index is 12.7. The van der Waals surface area contributed by atoms with Crippen LogP contribution >= 0.6 is 11.6 Å². The average molecular weight is 319 g/mol. The molecule has 0 saturated heterocycles. The summed E-state index contributed by atoms with van der Waals surface area (Å²) >= 11 is 6.04. The molecule has 4 rings (SSSR count). The number of halogens is 1. The van der Waals surface area contributed by atoms with Gasteiger partial charge in [-0.2, -0.15) is 0 Å². The maximum atomic E-state index is 12.7. The lowest BCUT2D eigenvalue weighted by Crippen LogP contribution is -2.20. The molecular weight excluding hydrogens is 308 g/mol. The van der Waals surface area contributed by atoms with Gasteiger partial charge in [-0.1, -0.05) is 54.1 Å². The highest BCUT2D eigenvalue weighted by molar-refractivity contribution is 6.31. The van der Waals surface area contributed by atoms with Gasteiger partial charge in [0.25, 0.3) is 0 Å². The number of hydrogen-bond acceptors (Lipinski definition) is 2. The lowest BCUT2D eigenvalue weighted by atomic mass is 9.83. The third-order valence-corrected chi connectivity index (χ3v) is 4.32. The Kier molecular flexibility index (Phi) is 3.14. The predicted molar refractivity (Wildman–Crippen MR) is 90.2 cm³/mol. The monoisotopic (exact) mass is 318 g/mol. The van der Waals surface area contributed by atoms with Crippen LogP contribution in [0.1, 0.15) is 31.8 Å². The molecule has 23 heavy (non-hydrogen) atoms. The molecule has 0 radical (unpaired) electrons. The number of carbonyl (C=O) groups is 2. The molecule has 0 N–H and O–H groups in total. The van der Waals surface area contributed by atoms with E-state index in [1.165, 1.54) is 0 Å². The first kappa shape index (κ1) is 13.9. The molecule has 0 heterocycles. The quantitative estimate of drug-likeness (QED) is 0.506. The van der Waals surface area contributed by atoms with Crippen molar-refractivity contribution in [1.29, 1.82) is 0 Å². The first-order valence-corrected chi connectivity index (χ1v) is 7.61. The summed E-state index contributed by atoms with van der Waals surface area (Å²) in [7, 11) is 0. The summed E-state index contributed by atoms with van der Waals surface area (Å²) in [6.07, 6.45) is 0. The van der Waals surface area contributed by atoms with Crippen LogP contribution in [-0.2, 0) is 0 Å². The van der Waals surface area contributed by atoms with Crippen LogP contribution in [0.5, 0.6) is 0 Å². The van der Waals surface area contributed by atoms with Crippen molar-refractivity contribution in [2.24, 2.45) is 0 Å². The van der Waals surface area contributed by atoms with Gasteiger partial charge >= 0.3 is 0 Å². The van der Waals surface area contributed by atoms with Crippen LogP contribution in [-0.4, -0.2) is 11.6 Å². The Morgan fingerprint density at radius 1 is 0.565 bits per heavy atom. The first-order valence-electron chi connectivity index (χ1n) is 7.23. The fourth-order valence-electron chi connectivity index (χ4n) is 2.95. The van der Waals surface area contributed by atoms with E-state index in [1.54, 1.807) is 42.5 Å². The van der Waals surface area contributed by atoms with Crippen molar-refractivity contribution in [2.45, 2.75) is 0 Å². The largest absolute Gasteiger partial charge is 0.289 e. The lowest BCUT2D eigenvalue weighted by molar-refractivity contribution is 0.0979. The Morgan fingerprint density at radius 3 is 1.87 bits per heavy atom. The Balaban J connectivity index is 1.90. The molecular formula is C20H11ClO2. The van der Waals surface area contributed by atoms with E-state index < -0.39 is 0 Å². The zero-order chi connectivity index (χ0) is 16.0. The van der Waals surface area contributed by atoms with Crippen molar-refractivity contribution in [3.05, 3.63) is 94.0 Å². The van der Waals surface area contributed by atoms with E-state index in [-0.39, 0.29) is 11.6 Å². The molecule has 1 aliphatic rings. The van der Waals surface area contributed by atoms with E-state index in [1.807, 2.05) is 24.3 Å². The van der Waals surface area contributed by atoms with Gasteiger partial charge in [-0.15, -0.1) is 0 Å². The van der Waals surface area contributed by atoms with E-state index in [0.29, 0.717) is 27.3 Å². The van der Waals surface area contributed by atoms with E-state index >= 15 is 0 Å². The van der Waals surface area contributed by atoms with Gasteiger partial charge in [0.2, 0.25) is 0 Å². The maximum Gasteiger partial charge on any atom is 0.194 e. The molecule has 3 aromatic carbocycles. The fraction of sp³-hybridized carbons (Fsp3) is 0. The summed E-state index contributed by atoms with van der Waals surface area (Å²) in [4.78, 5) is 25.3. The van der Waals surface area contributed by atoms with Gasteiger partial charge in [-0.25, -0.2) is 0 Å².